The number of alkyl halides is 3. The van der Waals surface area contributed by atoms with Gasteiger partial charge < -0.3 is 10.2 Å². The standard InChI is InChI=1S/C16H17F3N2O2/c1-3-10-21(11-16(17,18)19)14(22)9-6-12-4-7-13(8-5-12)15(23)20-2/h3-9H,1,10-11H2,2H3,(H,20,23). The largest absolute Gasteiger partial charge is 0.406 e. The van der Waals surface area contributed by atoms with Crippen LogP contribution in [0.5, 0.6) is 0 Å². The van der Waals surface area contributed by atoms with Gasteiger partial charge in [-0.3, -0.25) is 9.59 Å². The molecule has 1 N–H and O–H groups in total. The van der Waals surface area contributed by atoms with Crippen LogP contribution >= 0.6 is 0 Å². The van der Waals surface area contributed by atoms with E-state index in [1.54, 1.807) is 24.3 Å². The molecule has 7 heteroatoms. The van der Waals surface area contributed by atoms with Gasteiger partial charge in [0.15, 0.2) is 0 Å². The minimum absolute atomic E-state index is 0.196. The summed E-state index contributed by atoms with van der Waals surface area (Å²) in [6, 6.07) is 6.30. The molecule has 4 nitrogen and oxygen atoms in total. The number of carbonyl (C=O) groups excluding carboxylic acids is 2. The quantitative estimate of drug-likeness (QED) is 0.645. The molecule has 0 bridgehead atoms. The SMILES string of the molecule is C=CCN(CC(F)(F)F)C(=O)C=Cc1ccc(C(=O)NC)cc1. The third kappa shape index (κ3) is 6.37. The van der Waals surface area contributed by atoms with Crippen molar-refractivity contribution in [3.8, 4) is 0 Å². The van der Waals surface area contributed by atoms with Crippen LogP contribution in [0.2, 0.25) is 0 Å². The first-order valence-corrected chi connectivity index (χ1v) is 6.73. The predicted octanol–water partition coefficient (Wildman–Crippen LogP) is 2.64. The molecule has 0 saturated carbocycles. The Kier molecular flexibility index (Phi) is 6.56. The summed E-state index contributed by atoms with van der Waals surface area (Å²) in [5.41, 5.74) is 1.04. The van der Waals surface area contributed by atoms with Gasteiger partial charge in [-0.1, -0.05) is 18.2 Å². The number of hydrogen-bond donors (Lipinski definition) is 1. The molecule has 1 aromatic carbocycles. The maximum absolute atomic E-state index is 12.4. The lowest BCUT2D eigenvalue weighted by Gasteiger charge is -2.20. The van der Waals surface area contributed by atoms with E-state index in [9.17, 15) is 22.8 Å². The average Bonchev–Trinajstić information content (AvgIpc) is 2.50. The van der Waals surface area contributed by atoms with Crippen molar-refractivity contribution in [3.63, 3.8) is 0 Å². The van der Waals surface area contributed by atoms with Crippen LogP contribution in [0.3, 0.4) is 0 Å². The van der Waals surface area contributed by atoms with Gasteiger partial charge in [-0.15, -0.1) is 6.58 Å². The number of halogens is 3. The molecule has 0 fully saturated rings. The van der Waals surface area contributed by atoms with Gasteiger partial charge in [0, 0.05) is 25.2 Å². The van der Waals surface area contributed by atoms with E-state index in [0.29, 0.717) is 16.0 Å². The molecule has 0 aliphatic carbocycles. The van der Waals surface area contributed by atoms with Crippen LogP contribution in [0.1, 0.15) is 15.9 Å². The first-order chi connectivity index (χ1) is 10.8. The zero-order valence-corrected chi connectivity index (χ0v) is 12.6. The smallest absolute Gasteiger partial charge is 0.355 e. The van der Waals surface area contributed by atoms with Gasteiger partial charge in [0.1, 0.15) is 6.54 Å². The fourth-order valence-electron chi connectivity index (χ4n) is 1.77. The third-order valence-corrected chi connectivity index (χ3v) is 2.85. The maximum Gasteiger partial charge on any atom is 0.406 e. The number of benzene rings is 1. The topological polar surface area (TPSA) is 49.4 Å². The summed E-state index contributed by atoms with van der Waals surface area (Å²) in [6.45, 7) is 1.81. The first-order valence-electron chi connectivity index (χ1n) is 6.73. The summed E-state index contributed by atoms with van der Waals surface area (Å²) >= 11 is 0. The van der Waals surface area contributed by atoms with Crippen LogP contribution in [0.15, 0.2) is 43.0 Å². The van der Waals surface area contributed by atoms with E-state index in [4.69, 9.17) is 0 Å². The third-order valence-electron chi connectivity index (χ3n) is 2.85. The van der Waals surface area contributed by atoms with Crippen LogP contribution in [0, 0.1) is 0 Å². The number of nitrogens with zero attached hydrogens (tertiary/aromatic N) is 1. The molecule has 0 atom stereocenters. The van der Waals surface area contributed by atoms with Crippen molar-refractivity contribution in [2.75, 3.05) is 20.1 Å². The van der Waals surface area contributed by atoms with Crippen molar-refractivity contribution in [2.45, 2.75) is 6.18 Å². The molecule has 0 aliphatic heterocycles. The van der Waals surface area contributed by atoms with Crippen molar-refractivity contribution in [3.05, 3.63) is 54.1 Å². The zero-order valence-electron chi connectivity index (χ0n) is 12.6. The molecule has 2 amide bonds. The summed E-state index contributed by atoms with van der Waals surface area (Å²) in [4.78, 5) is 23.9. The van der Waals surface area contributed by atoms with Crippen LogP contribution in [0.4, 0.5) is 13.2 Å². The van der Waals surface area contributed by atoms with E-state index in [0.717, 1.165) is 6.08 Å². The Bertz CT molecular complexity index is 592. The van der Waals surface area contributed by atoms with Gasteiger partial charge in [0.25, 0.3) is 5.91 Å². The Labute approximate surface area is 132 Å². The van der Waals surface area contributed by atoms with E-state index in [1.807, 2.05) is 0 Å². The second kappa shape index (κ2) is 8.17. The highest BCUT2D eigenvalue weighted by atomic mass is 19.4. The van der Waals surface area contributed by atoms with Gasteiger partial charge >= 0.3 is 6.18 Å². The molecule has 0 aromatic heterocycles. The van der Waals surface area contributed by atoms with Crippen LogP contribution in [0.25, 0.3) is 6.08 Å². The van der Waals surface area contributed by atoms with Gasteiger partial charge in [-0.25, -0.2) is 0 Å². The average molecular weight is 326 g/mol. The summed E-state index contributed by atoms with van der Waals surface area (Å²) in [7, 11) is 1.50. The minimum Gasteiger partial charge on any atom is -0.355 e. The molecule has 124 valence electrons. The van der Waals surface area contributed by atoms with E-state index < -0.39 is 18.6 Å². The molecule has 0 spiro atoms. The lowest BCUT2D eigenvalue weighted by molar-refractivity contribution is -0.157. The monoisotopic (exact) mass is 326 g/mol. The fraction of sp³-hybridized carbons (Fsp3) is 0.250. The second-order valence-electron chi connectivity index (χ2n) is 4.66. The van der Waals surface area contributed by atoms with Crippen LogP contribution < -0.4 is 5.32 Å². The lowest BCUT2D eigenvalue weighted by Crippen LogP contribution is -2.38. The number of hydrogen-bond acceptors (Lipinski definition) is 2. The highest BCUT2D eigenvalue weighted by molar-refractivity contribution is 5.94. The van der Waals surface area contributed by atoms with Crippen LogP contribution in [-0.2, 0) is 4.79 Å². The van der Waals surface area contributed by atoms with Crippen molar-refractivity contribution in [1.82, 2.24) is 10.2 Å². The van der Waals surface area contributed by atoms with E-state index in [1.165, 1.54) is 19.2 Å². The van der Waals surface area contributed by atoms with E-state index >= 15 is 0 Å². The molecular weight excluding hydrogens is 309 g/mol. The summed E-state index contributed by atoms with van der Waals surface area (Å²) in [5.74, 6) is -1.02. The fourth-order valence-corrected chi connectivity index (χ4v) is 1.77. The Morgan fingerprint density at radius 2 is 1.87 bits per heavy atom. The maximum atomic E-state index is 12.4. The normalized spacial score (nSPS) is 11.3. The molecule has 1 rings (SSSR count). The Morgan fingerprint density at radius 3 is 2.35 bits per heavy atom. The molecule has 0 saturated heterocycles. The van der Waals surface area contributed by atoms with Crippen molar-refractivity contribution < 1.29 is 22.8 Å². The van der Waals surface area contributed by atoms with Crippen molar-refractivity contribution in [2.24, 2.45) is 0 Å². The summed E-state index contributed by atoms with van der Waals surface area (Å²) < 4.78 is 37.2. The minimum atomic E-state index is -4.47. The van der Waals surface area contributed by atoms with Crippen molar-refractivity contribution in [1.29, 1.82) is 0 Å². The number of amides is 2. The first kappa shape index (κ1) is 18.5. The molecule has 0 radical (unpaired) electrons. The number of nitrogens with one attached hydrogen (secondary N) is 1. The van der Waals surface area contributed by atoms with Crippen LogP contribution in [-0.4, -0.2) is 43.0 Å². The van der Waals surface area contributed by atoms with E-state index in [-0.39, 0.29) is 12.5 Å². The number of carbonyl (C=O) groups is 2. The van der Waals surface area contributed by atoms with Gasteiger partial charge in [-0.2, -0.15) is 13.2 Å². The predicted molar refractivity (Wildman–Crippen MR) is 81.7 cm³/mol. The van der Waals surface area contributed by atoms with Gasteiger partial charge in [-0.05, 0) is 23.8 Å². The highest BCUT2D eigenvalue weighted by Crippen LogP contribution is 2.17. The number of rotatable bonds is 6. The molecule has 1 aromatic rings. The molecule has 0 aliphatic rings. The molecule has 0 unspecified atom stereocenters. The molecular formula is C16H17F3N2O2. The van der Waals surface area contributed by atoms with E-state index in [2.05, 4.69) is 11.9 Å². The summed E-state index contributed by atoms with van der Waals surface area (Å²) in [5, 5.41) is 2.47. The molecule has 0 heterocycles. The zero-order chi connectivity index (χ0) is 17.5. The highest BCUT2D eigenvalue weighted by Gasteiger charge is 2.31. The second-order valence-corrected chi connectivity index (χ2v) is 4.66. The van der Waals surface area contributed by atoms with Gasteiger partial charge in [0.2, 0.25) is 5.91 Å². The lowest BCUT2D eigenvalue weighted by atomic mass is 10.1. The van der Waals surface area contributed by atoms with Crippen molar-refractivity contribution >= 4 is 17.9 Å². The Morgan fingerprint density at radius 1 is 1.26 bits per heavy atom. The Balaban J connectivity index is 2.79. The Hall–Kier alpha value is -2.57. The van der Waals surface area contributed by atoms with Gasteiger partial charge in [0.05, 0.1) is 0 Å². The summed E-state index contributed by atoms with van der Waals surface area (Å²) in [6.07, 6.45) is -0.788. The molecule has 23 heavy (non-hydrogen) atoms.